The summed E-state index contributed by atoms with van der Waals surface area (Å²) in [6, 6.07) is 19.4. The molecule has 1 aliphatic heterocycles. The van der Waals surface area contributed by atoms with Crippen LogP contribution in [0.2, 0.25) is 0 Å². The number of rotatable bonds is 4. The second-order valence-corrected chi connectivity index (χ2v) is 8.98. The molecule has 31 heavy (non-hydrogen) atoms. The molecule has 1 saturated heterocycles. The Kier molecular flexibility index (Phi) is 4.98. The van der Waals surface area contributed by atoms with Gasteiger partial charge in [0, 0.05) is 17.2 Å². The van der Waals surface area contributed by atoms with Crippen molar-refractivity contribution in [3.63, 3.8) is 0 Å². The van der Waals surface area contributed by atoms with Crippen LogP contribution in [-0.4, -0.2) is 30.9 Å². The Hall–Kier alpha value is -3.18. The molecule has 3 aromatic carbocycles. The average Bonchev–Trinajstić information content (AvgIpc) is 2.78. The summed E-state index contributed by atoms with van der Waals surface area (Å²) in [5.41, 5.74) is 8.94. The third kappa shape index (κ3) is 3.70. The molecule has 1 saturated carbocycles. The van der Waals surface area contributed by atoms with Gasteiger partial charge in [-0.05, 0) is 84.3 Å². The minimum atomic E-state index is -0.450. The van der Waals surface area contributed by atoms with Crippen molar-refractivity contribution >= 4 is 22.6 Å². The summed E-state index contributed by atoms with van der Waals surface area (Å²) in [6.45, 7) is 2.17. The van der Waals surface area contributed by atoms with Crippen LogP contribution in [0.5, 0.6) is 0 Å². The highest BCUT2D eigenvalue weighted by Gasteiger charge is 2.45. The maximum Gasteiger partial charge on any atom is 0.252 e. The zero-order chi connectivity index (χ0) is 21.4. The van der Waals surface area contributed by atoms with Gasteiger partial charge in [0.2, 0.25) is 5.91 Å². The Morgan fingerprint density at radius 3 is 2.42 bits per heavy atom. The molecule has 158 valence electrons. The van der Waals surface area contributed by atoms with Crippen LogP contribution in [0.25, 0.3) is 21.9 Å². The highest BCUT2D eigenvalue weighted by atomic mass is 16.2. The molecule has 0 radical (unpaired) electrons. The normalized spacial score (nSPS) is 17.9. The van der Waals surface area contributed by atoms with Crippen molar-refractivity contribution < 1.29 is 9.59 Å². The van der Waals surface area contributed by atoms with Crippen molar-refractivity contribution in [3.05, 3.63) is 71.8 Å². The zero-order valence-corrected chi connectivity index (χ0v) is 17.5. The first kappa shape index (κ1) is 19.8. The van der Waals surface area contributed by atoms with Crippen molar-refractivity contribution in [2.75, 3.05) is 13.1 Å². The van der Waals surface area contributed by atoms with E-state index in [9.17, 15) is 9.59 Å². The van der Waals surface area contributed by atoms with Gasteiger partial charge >= 0.3 is 0 Å². The number of hydrogen-bond donors (Lipinski definition) is 3. The molecule has 5 nitrogen and oxygen atoms in total. The van der Waals surface area contributed by atoms with Gasteiger partial charge in [0.1, 0.15) is 0 Å². The van der Waals surface area contributed by atoms with Gasteiger partial charge in [0.05, 0.1) is 0 Å². The molecule has 1 spiro atoms. The zero-order valence-electron chi connectivity index (χ0n) is 17.5. The van der Waals surface area contributed by atoms with E-state index < -0.39 is 5.91 Å². The summed E-state index contributed by atoms with van der Waals surface area (Å²) in [7, 11) is 0. The van der Waals surface area contributed by atoms with E-state index in [0.29, 0.717) is 16.5 Å². The number of hydrogen-bond acceptors (Lipinski definition) is 3. The van der Waals surface area contributed by atoms with E-state index in [1.165, 1.54) is 12.8 Å². The summed E-state index contributed by atoms with van der Waals surface area (Å²) in [4.78, 5) is 24.7. The molecule has 0 aromatic heterocycles. The topological polar surface area (TPSA) is 84.2 Å². The predicted octanol–water partition coefficient (Wildman–Crippen LogP) is 3.87. The number of nitrogens with one attached hydrogen (secondary N) is 2. The van der Waals surface area contributed by atoms with Crippen molar-refractivity contribution in [2.45, 2.75) is 31.7 Å². The Balaban J connectivity index is 1.42. The van der Waals surface area contributed by atoms with Crippen LogP contribution in [0.15, 0.2) is 60.7 Å². The van der Waals surface area contributed by atoms with Gasteiger partial charge in [0.25, 0.3) is 5.91 Å². The van der Waals surface area contributed by atoms with Gasteiger partial charge in [-0.15, -0.1) is 0 Å². The lowest BCUT2D eigenvalue weighted by atomic mass is 9.60. The largest absolute Gasteiger partial charge is 0.366 e. The van der Waals surface area contributed by atoms with Gasteiger partial charge < -0.3 is 16.4 Å². The van der Waals surface area contributed by atoms with Crippen LogP contribution in [0, 0.1) is 5.41 Å². The Morgan fingerprint density at radius 2 is 1.65 bits per heavy atom. The van der Waals surface area contributed by atoms with E-state index in [1.807, 2.05) is 48.5 Å². The molecule has 2 amide bonds. The highest BCUT2D eigenvalue weighted by Crippen LogP contribution is 2.48. The fourth-order valence-corrected chi connectivity index (χ4v) is 5.32. The second-order valence-electron chi connectivity index (χ2n) is 8.98. The maximum absolute atomic E-state index is 13.1. The highest BCUT2D eigenvalue weighted by molar-refractivity contribution is 6.10. The molecular weight excluding hydrogens is 386 g/mol. The van der Waals surface area contributed by atoms with Crippen LogP contribution < -0.4 is 16.4 Å². The Morgan fingerprint density at radius 1 is 0.935 bits per heavy atom. The first-order chi connectivity index (χ1) is 15.0. The predicted molar refractivity (Wildman–Crippen MR) is 123 cm³/mol. The quantitative estimate of drug-likeness (QED) is 0.607. The number of carbonyl (C=O) groups is 2. The van der Waals surface area contributed by atoms with Crippen LogP contribution >= 0.6 is 0 Å². The number of piperidine rings is 1. The molecule has 1 heterocycles. The molecule has 0 bridgehead atoms. The monoisotopic (exact) mass is 413 g/mol. The van der Waals surface area contributed by atoms with Gasteiger partial charge in [-0.1, -0.05) is 42.5 Å². The molecule has 4 N–H and O–H groups in total. The van der Waals surface area contributed by atoms with E-state index in [1.54, 1.807) is 12.1 Å². The number of primary amides is 1. The lowest BCUT2D eigenvalue weighted by Crippen LogP contribution is -2.54. The lowest BCUT2D eigenvalue weighted by Gasteiger charge is -2.50. The van der Waals surface area contributed by atoms with Crippen LogP contribution in [0.3, 0.4) is 0 Å². The number of amides is 2. The first-order valence-electron chi connectivity index (χ1n) is 11.0. The van der Waals surface area contributed by atoms with Gasteiger partial charge in [-0.2, -0.15) is 0 Å². The summed E-state index contributed by atoms with van der Waals surface area (Å²) in [6.07, 6.45) is 4.58. The molecular formula is C26H27N3O2. The standard InChI is InChI=1S/C26H27N3O2/c27-24(30)18-5-1-4-17(14-18)20-6-2-8-22-21(20)7-3-9-23(22)25(31)29-19-15-26(16-19)10-12-28-13-11-26/h1-9,14,19,28H,10-13,15-16H2,(H2,27,30)(H,29,31). The molecule has 0 atom stereocenters. The van der Waals surface area contributed by atoms with E-state index in [4.69, 9.17) is 5.73 Å². The minimum Gasteiger partial charge on any atom is -0.366 e. The van der Waals surface area contributed by atoms with E-state index in [-0.39, 0.29) is 11.9 Å². The summed E-state index contributed by atoms with van der Waals surface area (Å²) < 4.78 is 0. The average molecular weight is 414 g/mol. The third-order valence-electron chi connectivity index (χ3n) is 6.98. The molecule has 5 rings (SSSR count). The summed E-state index contributed by atoms with van der Waals surface area (Å²) >= 11 is 0. The van der Waals surface area contributed by atoms with E-state index >= 15 is 0 Å². The Labute approximate surface area is 182 Å². The molecule has 2 fully saturated rings. The van der Waals surface area contributed by atoms with Crippen molar-refractivity contribution in [1.29, 1.82) is 0 Å². The second kappa shape index (κ2) is 7.82. The van der Waals surface area contributed by atoms with E-state index in [0.717, 1.165) is 47.8 Å². The fraction of sp³-hybridized carbons (Fsp3) is 0.308. The van der Waals surface area contributed by atoms with Crippen molar-refractivity contribution in [2.24, 2.45) is 11.1 Å². The summed E-state index contributed by atoms with van der Waals surface area (Å²) in [5.74, 6) is -0.461. The first-order valence-corrected chi connectivity index (χ1v) is 11.0. The van der Waals surface area contributed by atoms with Crippen LogP contribution in [0.1, 0.15) is 46.4 Å². The molecule has 2 aliphatic rings. The number of nitrogens with two attached hydrogens (primary N) is 1. The van der Waals surface area contributed by atoms with Gasteiger partial charge in [0.15, 0.2) is 0 Å². The molecule has 1 aliphatic carbocycles. The van der Waals surface area contributed by atoms with Gasteiger partial charge in [-0.3, -0.25) is 9.59 Å². The molecule has 0 unspecified atom stereocenters. The summed E-state index contributed by atoms with van der Waals surface area (Å²) in [5, 5.41) is 8.59. The van der Waals surface area contributed by atoms with Crippen LogP contribution in [-0.2, 0) is 0 Å². The third-order valence-corrected chi connectivity index (χ3v) is 6.98. The van der Waals surface area contributed by atoms with E-state index in [2.05, 4.69) is 10.6 Å². The Bertz CT molecular complexity index is 1160. The molecule has 5 heteroatoms. The minimum absolute atomic E-state index is 0.0116. The lowest BCUT2D eigenvalue weighted by molar-refractivity contribution is 0.0424. The number of benzene rings is 3. The smallest absolute Gasteiger partial charge is 0.252 e. The van der Waals surface area contributed by atoms with Crippen molar-refractivity contribution in [1.82, 2.24) is 10.6 Å². The maximum atomic E-state index is 13.1. The number of carbonyl (C=O) groups excluding carboxylic acids is 2. The van der Waals surface area contributed by atoms with Gasteiger partial charge in [-0.25, -0.2) is 0 Å². The SMILES string of the molecule is NC(=O)c1cccc(-c2cccc3c(C(=O)NC4CC5(CCNCC5)C4)cccc23)c1. The van der Waals surface area contributed by atoms with Crippen molar-refractivity contribution in [3.8, 4) is 11.1 Å². The molecule has 3 aromatic rings. The fourth-order valence-electron chi connectivity index (χ4n) is 5.32. The van der Waals surface area contributed by atoms with Crippen LogP contribution in [0.4, 0.5) is 0 Å². The number of fused-ring (bicyclic) bond motifs is 1.